The molecule has 8 nitrogen and oxygen atoms in total. The molecule has 4 heterocycles. The maximum atomic E-state index is 12.7. The molecule has 3 saturated heterocycles. The van der Waals surface area contributed by atoms with E-state index in [1.54, 1.807) is 0 Å². The van der Waals surface area contributed by atoms with Crippen LogP contribution in [-0.4, -0.2) is 65.3 Å². The van der Waals surface area contributed by atoms with E-state index in [1.807, 2.05) is 12.1 Å². The molecular weight excluding hydrogens is 460 g/mol. The Morgan fingerprint density at radius 2 is 1.60 bits per heavy atom. The molecule has 0 radical (unpaired) electrons. The first-order valence-electron chi connectivity index (χ1n) is 13.3. The number of carbonyl (C=O) groups is 1. The molecule has 1 amide bonds. The van der Waals surface area contributed by atoms with E-state index in [0.29, 0.717) is 5.75 Å². The Morgan fingerprint density at radius 1 is 0.914 bits per heavy atom. The number of amides is 1. The van der Waals surface area contributed by atoms with Crippen LogP contribution in [0.5, 0.6) is 0 Å². The molecule has 1 N–H and O–H groups in total. The van der Waals surface area contributed by atoms with E-state index in [2.05, 4.69) is 42.0 Å². The summed E-state index contributed by atoms with van der Waals surface area (Å²) in [5.74, 6) is 1.20. The number of hydrogen-bond acceptors (Lipinski definition) is 7. The highest BCUT2D eigenvalue weighted by Crippen LogP contribution is 2.27. The van der Waals surface area contributed by atoms with Crippen molar-refractivity contribution in [3.8, 4) is 0 Å². The van der Waals surface area contributed by atoms with Gasteiger partial charge in [0.1, 0.15) is 0 Å². The maximum Gasteiger partial charge on any atom is 0.234 e. The Kier molecular flexibility index (Phi) is 8.46. The molecule has 35 heavy (non-hydrogen) atoms. The average Bonchev–Trinajstić information content (AvgIpc) is 3.46. The molecule has 1 aromatic carbocycles. The molecule has 3 aliphatic rings. The van der Waals surface area contributed by atoms with Crippen LogP contribution in [0.2, 0.25) is 0 Å². The number of hydrogen-bond donors (Lipinski definition) is 1. The fourth-order valence-electron chi connectivity index (χ4n) is 5.28. The van der Waals surface area contributed by atoms with Gasteiger partial charge >= 0.3 is 0 Å². The van der Waals surface area contributed by atoms with E-state index in [9.17, 15) is 4.79 Å². The third kappa shape index (κ3) is 6.50. The molecule has 190 valence electrons. The summed E-state index contributed by atoms with van der Waals surface area (Å²) in [6.45, 7) is 5.85. The molecule has 9 heteroatoms. The van der Waals surface area contributed by atoms with Crippen LogP contribution < -0.4 is 15.1 Å². The smallest absolute Gasteiger partial charge is 0.234 e. The first-order valence-corrected chi connectivity index (χ1v) is 14.3. The molecule has 3 fully saturated rings. The van der Waals surface area contributed by atoms with Crippen molar-refractivity contribution in [2.45, 2.75) is 75.6 Å². The third-order valence-corrected chi connectivity index (χ3v) is 8.17. The Balaban J connectivity index is 1.19. The monoisotopic (exact) mass is 498 g/mol. The lowest BCUT2D eigenvalue weighted by Crippen LogP contribution is -2.33. The van der Waals surface area contributed by atoms with Crippen molar-refractivity contribution in [2.24, 2.45) is 0 Å². The number of carbonyl (C=O) groups excluding carboxylic acids is 1. The van der Waals surface area contributed by atoms with Crippen molar-refractivity contribution in [3.05, 3.63) is 24.3 Å². The van der Waals surface area contributed by atoms with E-state index < -0.39 is 0 Å². The Hall–Kier alpha value is -2.26. The Labute approximate surface area is 212 Å². The number of thioether (sulfide) groups is 1. The van der Waals surface area contributed by atoms with E-state index in [0.717, 1.165) is 69.0 Å². The summed E-state index contributed by atoms with van der Waals surface area (Å²) in [7, 11) is 0. The zero-order valence-electron chi connectivity index (χ0n) is 20.7. The summed E-state index contributed by atoms with van der Waals surface area (Å²) >= 11 is 1.46. The maximum absolute atomic E-state index is 12.7. The molecule has 0 bridgehead atoms. The number of ether oxygens (including phenoxy) is 1. The lowest BCUT2D eigenvalue weighted by Gasteiger charge is -2.28. The zero-order valence-corrected chi connectivity index (χ0v) is 21.5. The van der Waals surface area contributed by atoms with Crippen LogP contribution in [0.25, 0.3) is 0 Å². The molecular formula is C26H38N6O2S. The van der Waals surface area contributed by atoms with Crippen molar-refractivity contribution >= 4 is 35.0 Å². The van der Waals surface area contributed by atoms with Gasteiger partial charge in [-0.2, -0.15) is 0 Å². The van der Waals surface area contributed by atoms with Crippen molar-refractivity contribution in [1.29, 1.82) is 0 Å². The predicted octanol–water partition coefficient (Wildman–Crippen LogP) is 4.56. The number of nitrogens with one attached hydrogen (secondary N) is 1. The minimum Gasteiger partial charge on any atom is -0.376 e. The van der Waals surface area contributed by atoms with Crippen LogP contribution in [0, 0.1) is 0 Å². The van der Waals surface area contributed by atoms with Gasteiger partial charge in [0.15, 0.2) is 5.16 Å². The largest absolute Gasteiger partial charge is 0.376 e. The van der Waals surface area contributed by atoms with E-state index >= 15 is 0 Å². The van der Waals surface area contributed by atoms with Gasteiger partial charge in [0.05, 0.1) is 18.4 Å². The SMILES string of the molecule is O=C(CSc1nnc(N2CCCCC2)n1CC1CCCO1)Nc1ccc(N2CCCCCC2)cc1. The quantitative estimate of drug-likeness (QED) is 0.535. The van der Waals surface area contributed by atoms with Gasteiger partial charge in [0.2, 0.25) is 11.9 Å². The minimum absolute atomic E-state index is 0.0243. The lowest BCUT2D eigenvalue weighted by atomic mass is 10.1. The average molecular weight is 499 g/mol. The minimum atomic E-state index is -0.0243. The van der Waals surface area contributed by atoms with Crippen LogP contribution in [0.4, 0.5) is 17.3 Å². The highest BCUT2D eigenvalue weighted by Gasteiger charge is 2.25. The molecule has 3 aliphatic heterocycles. The highest BCUT2D eigenvalue weighted by atomic mass is 32.2. The summed E-state index contributed by atoms with van der Waals surface area (Å²) in [4.78, 5) is 17.5. The number of rotatable bonds is 8. The second kappa shape index (κ2) is 12.1. The van der Waals surface area contributed by atoms with Crippen LogP contribution in [0.15, 0.2) is 29.4 Å². The topological polar surface area (TPSA) is 75.5 Å². The van der Waals surface area contributed by atoms with Gasteiger partial charge in [0.25, 0.3) is 0 Å². The molecule has 5 rings (SSSR count). The first kappa shape index (κ1) is 24.4. The van der Waals surface area contributed by atoms with Gasteiger partial charge < -0.3 is 19.9 Å². The van der Waals surface area contributed by atoms with Crippen LogP contribution >= 0.6 is 11.8 Å². The zero-order chi connectivity index (χ0) is 23.9. The molecule has 1 aromatic heterocycles. The molecule has 0 spiro atoms. The number of nitrogens with zero attached hydrogens (tertiary/aromatic N) is 5. The summed E-state index contributed by atoms with van der Waals surface area (Å²) in [5.41, 5.74) is 2.08. The summed E-state index contributed by atoms with van der Waals surface area (Å²) in [6, 6.07) is 8.27. The highest BCUT2D eigenvalue weighted by molar-refractivity contribution is 7.99. The summed E-state index contributed by atoms with van der Waals surface area (Å²) < 4.78 is 8.08. The van der Waals surface area contributed by atoms with Crippen LogP contribution in [-0.2, 0) is 16.1 Å². The van der Waals surface area contributed by atoms with Gasteiger partial charge in [-0.25, -0.2) is 0 Å². The van der Waals surface area contributed by atoms with Crippen molar-refractivity contribution in [2.75, 3.05) is 53.7 Å². The van der Waals surface area contributed by atoms with Gasteiger partial charge in [-0.1, -0.05) is 24.6 Å². The standard InChI is InChI=1S/C26H38N6O2S/c33-24(27-21-10-12-22(13-11-21)30-14-4-1-2-5-15-30)20-35-26-29-28-25(31-16-6-3-7-17-31)32(26)19-23-9-8-18-34-23/h10-13,23H,1-9,14-20H2,(H,27,33). The lowest BCUT2D eigenvalue weighted by molar-refractivity contribution is -0.113. The molecule has 1 atom stereocenters. The summed E-state index contributed by atoms with van der Waals surface area (Å²) in [6.07, 6.45) is 11.2. The van der Waals surface area contributed by atoms with E-state index in [4.69, 9.17) is 4.74 Å². The van der Waals surface area contributed by atoms with E-state index in [-0.39, 0.29) is 12.0 Å². The number of piperidine rings is 1. The molecule has 0 aliphatic carbocycles. The van der Waals surface area contributed by atoms with Crippen molar-refractivity contribution < 1.29 is 9.53 Å². The number of aromatic nitrogens is 3. The molecule has 0 saturated carbocycles. The van der Waals surface area contributed by atoms with Crippen molar-refractivity contribution in [3.63, 3.8) is 0 Å². The first-order chi connectivity index (χ1) is 17.3. The summed E-state index contributed by atoms with van der Waals surface area (Å²) in [5, 5.41) is 12.9. The second-order valence-electron chi connectivity index (χ2n) is 9.86. The van der Waals surface area contributed by atoms with Gasteiger partial charge in [-0.15, -0.1) is 10.2 Å². The van der Waals surface area contributed by atoms with Gasteiger partial charge in [0, 0.05) is 44.2 Å². The number of anilines is 3. The van der Waals surface area contributed by atoms with Crippen LogP contribution in [0.3, 0.4) is 0 Å². The van der Waals surface area contributed by atoms with E-state index in [1.165, 1.54) is 62.4 Å². The third-order valence-electron chi connectivity index (χ3n) is 7.20. The van der Waals surface area contributed by atoms with Crippen molar-refractivity contribution in [1.82, 2.24) is 14.8 Å². The predicted molar refractivity (Wildman–Crippen MR) is 142 cm³/mol. The Bertz CT molecular complexity index is 945. The fraction of sp³-hybridized carbons (Fsp3) is 0.654. The number of benzene rings is 1. The normalized spacial score (nSPS) is 21.2. The molecule has 1 unspecified atom stereocenters. The second-order valence-corrected chi connectivity index (χ2v) is 10.8. The van der Waals surface area contributed by atoms with Crippen LogP contribution in [0.1, 0.15) is 57.8 Å². The van der Waals surface area contributed by atoms with Gasteiger partial charge in [-0.05, 0) is 69.2 Å². The molecule has 2 aromatic rings. The van der Waals surface area contributed by atoms with Gasteiger partial charge in [-0.3, -0.25) is 9.36 Å². The Morgan fingerprint density at radius 3 is 2.29 bits per heavy atom. The fourth-order valence-corrected chi connectivity index (χ4v) is 6.02.